The molecule has 0 bridgehead atoms. The molecule has 1 amide bonds. The molecule has 1 heterocycles. The van der Waals surface area contributed by atoms with E-state index in [9.17, 15) is 4.79 Å². The van der Waals surface area contributed by atoms with Crippen molar-refractivity contribution in [3.8, 4) is 0 Å². The van der Waals surface area contributed by atoms with Gasteiger partial charge in [0.15, 0.2) is 0 Å². The Morgan fingerprint density at radius 1 is 1.21 bits per heavy atom. The van der Waals surface area contributed by atoms with E-state index in [1.165, 1.54) is 0 Å². The van der Waals surface area contributed by atoms with Crippen molar-refractivity contribution in [2.24, 2.45) is 5.41 Å². The molecule has 0 fully saturated rings. The van der Waals surface area contributed by atoms with Crippen molar-refractivity contribution in [3.63, 3.8) is 0 Å². The molecule has 0 aliphatic heterocycles. The number of halogens is 1. The molecule has 2 rings (SSSR count). The van der Waals surface area contributed by atoms with Gasteiger partial charge >= 0.3 is 0 Å². The lowest BCUT2D eigenvalue weighted by molar-refractivity contribution is -0.140. The minimum atomic E-state index is -0.362. The molecule has 0 atom stereocenters. The molecular weight excluding hydrogens is 320 g/mol. The maximum atomic E-state index is 12.7. The second-order valence-electron chi connectivity index (χ2n) is 7.23. The van der Waals surface area contributed by atoms with E-state index >= 15 is 0 Å². The number of hydrogen-bond acceptors (Lipinski definition) is 1. The number of hydrogen-bond donors (Lipinski definition) is 0. The predicted octanol–water partition coefficient (Wildman–Crippen LogP) is 4.97. The summed E-state index contributed by atoms with van der Waals surface area (Å²) in [5.41, 5.74) is 1.93. The standard InChI is InChI=1S/C20H27ClN2O/c1-5-11-23(19(24)20(2,3)4)15-18-10-7-12-22(18)14-16-8-6-9-17(21)13-16/h6-10,12-13H,5,11,14-15H2,1-4H3. The van der Waals surface area contributed by atoms with Crippen LogP contribution in [0.25, 0.3) is 0 Å². The molecule has 0 unspecified atom stereocenters. The lowest BCUT2D eigenvalue weighted by atomic mass is 9.94. The van der Waals surface area contributed by atoms with Gasteiger partial charge in [-0.15, -0.1) is 0 Å². The maximum Gasteiger partial charge on any atom is 0.228 e. The summed E-state index contributed by atoms with van der Waals surface area (Å²) < 4.78 is 2.18. The summed E-state index contributed by atoms with van der Waals surface area (Å²) in [5.74, 6) is 0.194. The van der Waals surface area contributed by atoms with Gasteiger partial charge in [-0.1, -0.05) is 51.4 Å². The zero-order valence-corrected chi connectivity index (χ0v) is 15.8. The number of carbonyl (C=O) groups is 1. The first-order valence-electron chi connectivity index (χ1n) is 8.49. The highest BCUT2D eigenvalue weighted by atomic mass is 35.5. The summed E-state index contributed by atoms with van der Waals surface area (Å²) in [6, 6.07) is 12.0. The molecule has 0 spiro atoms. The summed E-state index contributed by atoms with van der Waals surface area (Å²) in [6.07, 6.45) is 3.01. The van der Waals surface area contributed by atoms with Crippen molar-refractivity contribution in [1.82, 2.24) is 9.47 Å². The van der Waals surface area contributed by atoms with Crippen molar-refractivity contribution in [2.45, 2.75) is 47.2 Å². The number of aromatic nitrogens is 1. The van der Waals surface area contributed by atoms with E-state index in [1.54, 1.807) is 0 Å². The van der Waals surface area contributed by atoms with Crippen molar-refractivity contribution < 1.29 is 4.79 Å². The van der Waals surface area contributed by atoms with Crippen LogP contribution in [0.4, 0.5) is 0 Å². The van der Waals surface area contributed by atoms with Gasteiger partial charge in [-0.3, -0.25) is 4.79 Å². The van der Waals surface area contributed by atoms with Crippen LogP contribution in [0.15, 0.2) is 42.6 Å². The van der Waals surface area contributed by atoms with Gasteiger partial charge in [-0.05, 0) is 36.2 Å². The van der Waals surface area contributed by atoms with Crippen LogP contribution in [-0.4, -0.2) is 21.9 Å². The Morgan fingerprint density at radius 3 is 2.58 bits per heavy atom. The SMILES string of the molecule is CCCN(Cc1cccn1Cc1cccc(Cl)c1)C(=O)C(C)(C)C. The van der Waals surface area contributed by atoms with Crippen LogP contribution in [0.3, 0.4) is 0 Å². The molecule has 0 N–H and O–H groups in total. The first-order valence-corrected chi connectivity index (χ1v) is 8.87. The van der Waals surface area contributed by atoms with Gasteiger partial charge in [0, 0.05) is 35.4 Å². The summed E-state index contributed by atoms with van der Waals surface area (Å²) in [6.45, 7) is 10.2. The maximum absolute atomic E-state index is 12.7. The Hall–Kier alpha value is -1.74. The molecular formula is C20H27ClN2O. The van der Waals surface area contributed by atoms with Crippen molar-refractivity contribution in [3.05, 3.63) is 58.9 Å². The second-order valence-corrected chi connectivity index (χ2v) is 7.67. The largest absolute Gasteiger partial charge is 0.345 e. The summed E-state index contributed by atoms with van der Waals surface area (Å²) in [4.78, 5) is 14.7. The van der Waals surface area contributed by atoms with E-state index in [0.717, 1.165) is 35.8 Å². The third-order valence-corrected chi connectivity index (χ3v) is 4.18. The van der Waals surface area contributed by atoms with Crippen molar-refractivity contribution in [2.75, 3.05) is 6.54 Å². The molecule has 130 valence electrons. The molecule has 0 saturated heterocycles. The third kappa shape index (κ3) is 4.88. The van der Waals surface area contributed by atoms with Gasteiger partial charge in [-0.25, -0.2) is 0 Å². The minimum absolute atomic E-state index is 0.194. The van der Waals surface area contributed by atoms with Crippen LogP contribution >= 0.6 is 11.6 Å². The Morgan fingerprint density at radius 2 is 1.96 bits per heavy atom. The van der Waals surface area contributed by atoms with Crippen LogP contribution in [-0.2, 0) is 17.9 Å². The van der Waals surface area contributed by atoms with Crippen molar-refractivity contribution in [1.29, 1.82) is 0 Å². The number of amides is 1. The number of rotatable bonds is 6. The van der Waals surface area contributed by atoms with Crippen LogP contribution in [0.1, 0.15) is 45.4 Å². The van der Waals surface area contributed by atoms with Gasteiger partial charge in [0.25, 0.3) is 0 Å². The summed E-state index contributed by atoms with van der Waals surface area (Å²) in [7, 11) is 0. The molecule has 3 nitrogen and oxygen atoms in total. The highest BCUT2D eigenvalue weighted by Gasteiger charge is 2.27. The molecule has 2 aromatic rings. The van der Waals surface area contributed by atoms with Gasteiger partial charge in [0.05, 0.1) is 6.54 Å². The van der Waals surface area contributed by atoms with Gasteiger partial charge in [0.2, 0.25) is 5.91 Å². The second kappa shape index (κ2) is 7.89. The zero-order chi connectivity index (χ0) is 17.7. The highest BCUT2D eigenvalue weighted by Crippen LogP contribution is 2.20. The van der Waals surface area contributed by atoms with Gasteiger partial charge in [-0.2, -0.15) is 0 Å². The minimum Gasteiger partial charge on any atom is -0.345 e. The van der Waals surface area contributed by atoms with Crippen molar-refractivity contribution >= 4 is 17.5 Å². The average molecular weight is 347 g/mol. The number of carbonyl (C=O) groups excluding carboxylic acids is 1. The van der Waals surface area contributed by atoms with Crippen LogP contribution < -0.4 is 0 Å². The average Bonchev–Trinajstić information content (AvgIpc) is 2.92. The van der Waals surface area contributed by atoms with Gasteiger partial charge < -0.3 is 9.47 Å². The van der Waals surface area contributed by atoms with E-state index in [2.05, 4.69) is 29.8 Å². The van der Waals surface area contributed by atoms with E-state index in [0.29, 0.717) is 6.54 Å². The lowest BCUT2D eigenvalue weighted by Gasteiger charge is -2.29. The normalized spacial score (nSPS) is 11.5. The van der Waals surface area contributed by atoms with Crippen LogP contribution in [0.5, 0.6) is 0 Å². The topological polar surface area (TPSA) is 25.2 Å². The molecule has 0 aliphatic rings. The molecule has 1 aromatic heterocycles. The molecule has 24 heavy (non-hydrogen) atoms. The van der Waals surface area contributed by atoms with Crippen LogP contribution in [0.2, 0.25) is 5.02 Å². The highest BCUT2D eigenvalue weighted by molar-refractivity contribution is 6.30. The van der Waals surface area contributed by atoms with E-state index in [1.807, 2.05) is 49.9 Å². The van der Waals surface area contributed by atoms with E-state index < -0.39 is 0 Å². The summed E-state index contributed by atoms with van der Waals surface area (Å²) in [5, 5.41) is 0.747. The fourth-order valence-corrected chi connectivity index (χ4v) is 2.98. The monoisotopic (exact) mass is 346 g/mol. The molecule has 0 aliphatic carbocycles. The Balaban J connectivity index is 2.17. The molecule has 0 saturated carbocycles. The van der Waals surface area contributed by atoms with E-state index in [4.69, 9.17) is 11.6 Å². The molecule has 0 radical (unpaired) electrons. The quantitative estimate of drug-likeness (QED) is 0.724. The van der Waals surface area contributed by atoms with Crippen LogP contribution in [0, 0.1) is 5.41 Å². The Labute approximate surface area is 150 Å². The number of benzene rings is 1. The fourth-order valence-electron chi connectivity index (χ4n) is 2.77. The Bertz CT molecular complexity index is 685. The first-order chi connectivity index (χ1) is 11.3. The Kier molecular flexibility index (Phi) is 6.11. The van der Waals surface area contributed by atoms with Gasteiger partial charge in [0.1, 0.15) is 0 Å². The first kappa shape index (κ1) is 18.6. The lowest BCUT2D eigenvalue weighted by Crippen LogP contribution is -2.39. The summed E-state index contributed by atoms with van der Waals surface area (Å²) >= 11 is 6.08. The zero-order valence-electron chi connectivity index (χ0n) is 15.1. The number of nitrogens with zero attached hydrogens (tertiary/aromatic N) is 2. The smallest absolute Gasteiger partial charge is 0.228 e. The predicted molar refractivity (Wildman–Crippen MR) is 100 cm³/mol. The third-order valence-electron chi connectivity index (χ3n) is 3.94. The molecule has 4 heteroatoms. The molecule has 1 aromatic carbocycles. The van der Waals surface area contributed by atoms with E-state index in [-0.39, 0.29) is 11.3 Å². The fraction of sp³-hybridized carbons (Fsp3) is 0.450.